The highest BCUT2D eigenvalue weighted by atomic mass is 16.5. The quantitative estimate of drug-likeness (QED) is 0.175. The molecule has 0 atom stereocenters. The van der Waals surface area contributed by atoms with Gasteiger partial charge in [-0.3, -0.25) is 4.57 Å². The number of anilines is 2. The Morgan fingerprint density at radius 2 is 1.45 bits per heavy atom. The lowest BCUT2D eigenvalue weighted by Gasteiger charge is -2.21. The summed E-state index contributed by atoms with van der Waals surface area (Å²) in [6.45, 7) is 3.54. The number of ether oxygens (including phenoxy) is 1. The van der Waals surface area contributed by atoms with Crippen LogP contribution in [-0.4, -0.2) is 14.1 Å². The average Bonchev–Trinajstić information content (AvgIpc) is 3.86. The van der Waals surface area contributed by atoms with E-state index in [4.69, 9.17) is 17.1 Å². The molecule has 0 bridgehead atoms. The summed E-state index contributed by atoms with van der Waals surface area (Å²) in [6.07, 6.45) is -0.267. The monoisotopic (exact) mass is 759 g/mol. The molecule has 0 amide bonds. The minimum atomic E-state index is -2.56. The minimum Gasteiger partial charge on any atom is -0.457 e. The highest BCUT2D eigenvalue weighted by Gasteiger charge is 2.25. The van der Waals surface area contributed by atoms with Gasteiger partial charge in [0.05, 0.1) is 33.2 Å². The van der Waals surface area contributed by atoms with Crippen LogP contribution in [0.25, 0.3) is 71.0 Å². The van der Waals surface area contributed by atoms with E-state index in [0.29, 0.717) is 28.8 Å². The molecule has 0 spiro atoms. The van der Waals surface area contributed by atoms with E-state index >= 15 is 0 Å². The Hall–Kier alpha value is -7.11. The second kappa shape index (κ2) is 13.2. The van der Waals surface area contributed by atoms with Crippen LogP contribution in [0.15, 0.2) is 158 Å². The van der Waals surface area contributed by atoms with Crippen LogP contribution in [0.4, 0.5) is 11.4 Å². The van der Waals surface area contributed by atoms with Gasteiger partial charge in [-0.2, -0.15) is 0 Å². The molecule has 11 rings (SSSR count). The Bertz CT molecular complexity index is 3830. The zero-order valence-corrected chi connectivity index (χ0v) is 32.1. The SMILES string of the molecule is [2H]c1c([2H])c([2H])c2c(c1[2H])c1ccc(Oc3cc(N4Cn5c6c(C)cccc6c6cc(C)ccc6c6ccccc6c6cccc4c65)ccc3C([2H])([2H])[2H])cc1n2-c1cc(C([2H])([2H])C)ccn1. The van der Waals surface area contributed by atoms with E-state index in [-0.39, 0.29) is 45.9 Å². The van der Waals surface area contributed by atoms with Gasteiger partial charge in [-0.15, -0.1) is 0 Å². The van der Waals surface area contributed by atoms with E-state index in [1.807, 2.05) is 6.07 Å². The van der Waals surface area contributed by atoms with Crippen molar-refractivity contribution in [2.45, 2.75) is 40.7 Å². The molecule has 4 heterocycles. The van der Waals surface area contributed by atoms with Crippen molar-refractivity contribution < 1.29 is 17.1 Å². The summed E-state index contributed by atoms with van der Waals surface area (Å²) >= 11 is 0. The van der Waals surface area contributed by atoms with E-state index in [0.717, 1.165) is 60.2 Å². The van der Waals surface area contributed by atoms with Crippen LogP contribution in [0.1, 0.15) is 41.5 Å². The van der Waals surface area contributed by atoms with Crippen molar-refractivity contribution in [2.24, 2.45) is 0 Å². The number of pyridine rings is 1. The molecule has 7 aromatic carbocycles. The second-order valence-electron chi connectivity index (χ2n) is 14.9. The summed E-state index contributed by atoms with van der Waals surface area (Å²) in [5, 5.41) is 7.43. The van der Waals surface area contributed by atoms with Crippen molar-refractivity contribution in [3.05, 3.63) is 180 Å². The molecule has 1 aliphatic heterocycles. The molecule has 0 saturated carbocycles. The van der Waals surface area contributed by atoms with Crippen LogP contribution in [0.5, 0.6) is 11.5 Å². The van der Waals surface area contributed by atoms with Gasteiger partial charge in [0.1, 0.15) is 24.0 Å². The van der Waals surface area contributed by atoms with Gasteiger partial charge in [0.2, 0.25) is 0 Å². The van der Waals surface area contributed by atoms with Gasteiger partial charge in [0, 0.05) is 52.4 Å². The van der Waals surface area contributed by atoms with Gasteiger partial charge in [-0.05, 0) is 108 Å². The van der Waals surface area contributed by atoms with Gasteiger partial charge in [0.25, 0.3) is 0 Å². The number of aryl methyl sites for hydroxylation is 4. The Morgan fingerprint density at radius 1 is 0.672 bits per heavy atom. The van der Waals surface area contributed by atoms with Crippen LogP contribution in [0.2, 0.25) is 0 Å². The van der Waals surface area contributed by atoms with Crippen molar-refractivity contribution >= 4 is 76.5 Å². The molecule has 10 aromatic rings. The maximum atomic E-state index is 9.01. The van der Waals surface area contributed by atoms with Crippen molar-refractivity contribution in [2.75, 3.05) is 4.90 Å². The van der Waals surface area contributed by atoms with Crippen molar-refractivity contribution in [3.8, 4) is 17.3 Å². The average molecular weight is 760 g/mol. The third-order valence-corrected chi connectivity index (χ3v) is 11.5. The van der Waals surface area contributed by atoms with Gasteiger partial charge in [0.15, 0.2) is 0 Å². The third-order valence-electron chi connectivity index (χ3n) is 11.5. The Labute approximate surface area is 349 Å². The first-order valence-corrected chi connectivity index (χ1v) is 19.3. The molecule has 5 nitrogen and oxygen atoms in total. The fourth-order valence-corrected chi connectivity index (χ4v) is 8.83. The zero-order valence-electron chi connectivity index (χ0n) is 41.1. The topological polar surface area (TPSA) is 35.2 Å². The summed E-state index contributed by atoms with van der Waals surface area (Å²) in [5.74, 6) is 0.594. The van der Waals surface area contributed by atoms with Crippen LogP contribution in [-0.2, 0) is 13.0 Å². The molecule has 58 heavy (non-hydrogen) atoms. The highest BCUT2D eigenvalue weighted by molar-refractivity contribution is 6.21. The van der Waals surface area contributed by atoms with E-state index in [1.54, 1.807) is 47.0 Å². The van der Waals surface area contributed by atoms with Gasteiger partial charge in [-0.1, -0.05) is 109 Å². The number of benzene rings is 7. The van der Waals surface area contributed by atoms with Crippen LogP contribution >= 0.6 is 0 Å². The Kier molecular flexibility index (Phi) is 5.92. The van der Waals surface area contributed by atoms with Crippen molar-refractivity contribution in [1.29, 1.82) is 0 Å². The summed E-state index contributed by atoms with van der Waals surface area (Å²) < 4.78 is 88.3. The lowest BCUT2D eigenvalue weighted by molar-refractivity contribution is 0.479. The predicted octanol–water partition coefficient (Wildman–Crippen LogP) is 14.1. The molecule has 0 unspecified atom stereocenters. The molecular weight excluding hydrogens is 709 g/mol. The van der Waals surface area contributed by atoms with Gasteiger partial charge < -0.3 is 14.2 Å². The molecule has 0 radical (unpaired) electrons. The van der Waals surface area contributed by atoms with Crippen molar-refractivity contribution in [1.82, 2.24) is 14.1 Å². The zero-order chi connectivity index (χ0) is 46.8. The molecule has 5 heteroatoms. The van der Waals surface area contributed by atoms with Gasteiger partial charge >= 0.3 is 0 Å². The Morgan fingerprint density at radius 3 is 2.31 bits per heavy atom. The number of fused-ring (bicyclic) bond motifs is 10. The summed E-state index contributed by atoms with van der Waals surface area (Å²) in [7, 11) is 0. The number of hydrogen-bond donors (Lipinski definition) is 0. The molecule has 0 fully saturated rings. The van der Waals surface area contributed by atoms with E-state index in [1.165, 1.54) is 13.1 Å². The largest absolute Gasteiger partial charge is 0.457 e. The maximum absolute atomic E-state index is 9.01. The highest BCUT2D eigenvalue weighted by Crippen LogP contribution is 2.44. The normalized spacial score (nSPS) is 15.2. The van der Waals surface area contributed by atoms with E-state index in [9.17, 15) is 0 Å². The molecule has 1 aliphatic rings. The summed E-state index contributed by atoms with van der Waals surface area (Å²) in [6, 6.07) is 39.9. The summed E-state index contributed by atoms with van der Waals surface area (Å²) in [4.78, 5) is 6.74. The third kappa shape index (κ3) is 5.27. The van der Waals surface area contributed by atoms with Gasteiger partial charge in [-0.25, -0.2) is 4.98 Å². The van der Waals surface area contributed by atoms with Crippen LogP contribution < -0.4 is 9.64 Å². The maximum Gasteiger partial charge on any atom is 0.137 e. The smallest absolute Gasteiger partial charge is 0.137 e. The molecule has 0 saturated heterocycles. The lowest BCUT2D eigenvalue weighted by atomic mass is 9.99. The lowest BCUT2D eigenvalue weighted by Crippen LogP contribution is -2.15. The number of hydrogen-bond acceptors (Lipinski definition) is 3. The molecule has 0 aliphatic carbocycles. The first-order chi connectivity index (χ1) is 32.0. The molecule has 280 valence electrons. The standard InChI is InChI=1S/C53H42N4O/c1-5-36-26-27-54-51(29-36)57-47-18-9-8-15-42(47)43-25-23-38(31-49(43)57)58-50-30-37(22-21-34(50)3)55-32-56-52-35(4)12-10-16-45(52)46-28-33(2)20-24-41(46)39-13-6-7-14-40(39)44-17-11-19-48(55)53(44)56/h6-31H,5,32H2,1-4H3/i3D3,5D2,8D,9D,15D,18D. The molecular formula is C53H42N4O. The number of nitrogens with zero attached hydrogens (tertiary/aromatic N) is 4. The number of rotatable bonds is 5. The Balaban J connectivity index is 1.12. The minimum absolute atomic E-state index is 0.00227. The van der Waals surface area contributed by atoms with Crippen molar-refractivity contribution in [3.63, 3.8) is 0 Å². The molecule has 3 aromatic heterocycles. The van der Waals surface area contributed by atoms with Crippen LogP contribution in [0.3, 0.4) is 0 Å². The first-order valence-electron chi connectivity index (χ1n) is 23.8. The fourth-order valence-electron chi connectivity index (χ4n) is 8.83. The predicted molar refractivity (Wildman–Crippen MR) is 243 cm³/mol. The van der Waals surface area contributed by atoms with Crippen LogP contribution in [0, 0.1) is 20.7 Å². The molecule has 0 N–H and O–H groups in total. The second-order valence-corrected chi connectivity index (χ2v) is 14.9. The fraction of sp³-hybridized carbons (Fsp3) is 0.113. The first kappa shape index (κ1) is 25.9. The summed E-state index contributed by atoms with van der Waals surface area (Å²) in [5.41, 5.74) is 6.92. The van der Waals surface area contributed by atoms with E-state index < -0.39 is 25.3 Å². The van der Waals surface area contributed by atoms with E-state index in [2.05, 4.69) is 107 Å². The number of para-hydroxylation sites is 3. The number of aromatic nitrogens is 3.